The minimum atomic E-state index is -0.345. The SMILES string of the molecule is CC(C)C(NCCCn1ccnc1)OC(=O)c1ccc(Cl)cc1. The molecule has 6 heteroatoms. The van der Waals surface area contributed by atoms with Gasteiger partial charge >= 0.3 is 5.97 Å². The van der Waals surface area contributed by atoms with Crippen LogP contribution < -0.4 is 5.32 Å². The standard InChI is InChI=1S/C17H22ClN3O2/c1-13(2)16(20-8-3-10-21-11-9-19-12-21)23-17(22)14-4-6-15(18)7-5-14/h4-7,9,11-13,16,20H,3,8,10H2,1-2H3. The number of halogens is 1. The number of ether oxygens (including phenoxy) is 1. The molecule has 124 valence electrons. The molecule has 23 heavy (non-hydrogen) atoms. The van der Waals surface area contributed by atoms with Gasteiger partial charge < -0.3 is 9.30 Å². The average molecular weight is 336 g/mol. The van der Waals surface area contributed by atoms with E-state index in [1.807, 2.05) is 24.6 Å². The summed E-state index contributed by atoms with van der Waals surface area (Å²) in [5.74, 6) is -0.165. The molecule has 0 spiro atoms. The highest BCUT2D eigenvalue weighted by atomic mass is 35.5. The van der Waals surface area contributed by atoms with Gasteiger partial charge in [0.2, 0.25) is 0 Å². The van der Waals surface area contributed by atoms with E-state index in [1.165, 1.54) is 0 Å². The molecule has 0 radical (unpaired) electrons. The molecule has 0 fully saturated rings. The van der Waals surface area contributed by atoms with E-state index in [4.69, 9.17) is 16.3 Å². The lowest BCUT2D eigenvalue weighted by atomic mass is 10.1. The fourth-order valence-electron chi connectivity index (χ4n) is 2.11. The molecule has 0 bridgehead atoms. The van der Waals surface area contributed by atoms with Crippen LogP contribution in [0.2, 0.25) is 5.02 Å². The van der Waals surface area contributed by atoms with Gasteiger partial charge in [-0.2, -0.15) is 0 Å². The third-order valence-corrected chi connectivity index (χ3v) is 3.67. The lowest BCUT2D eigenvalue weighted by Crippen LogP contribution is -2.39. The first-order valence-corrected chi connectivity index (χ1v) is 8.09. The van der Waals surface area contributed by atoms with Gasteiger partial charge in [-0.05, 0) is 30.7 Å². The van der Waals surface area contributed by atoms with Crippen LogP contribution in [0.4, 0.5) is 0 Å². The largest absolute Gasteiger partial charge is 0.443 e. The topological polar surface area (TPSA) is 56.1 Å². The fraction of sp³-hybridized carbons (Fsp3) is 0.412. The molecule has 5 nitrogen and oxygen atoms in total. The van der Waals surface area contributed by atoms with Gasteiger partial charge in [-0.3, -0.25) is 5.32 Å². The first-order valence-electron chi connectivity index (χ1n) is 7.72. The number of aromatic nitrogens is 2. The van der Waals surface area contributed by atoms with Crippen LogP contribution in [0.15, 0.2) is 43.0 Å². The van der Waals surface area contributed by atoms with Crippen LogP contribution in [0, 0.1) is 5.92 Å². The number of carbonyl (C=O) groups excluding carboxylic acids is 1. The third-order valence-electron chi connectivity index (χ3n) is 3.42. The molecule has 0 aliphatic heterocycles. The van der Waals surface area contributed by atoms with Crippen LogP contribution in [-0.2, 0) is 11.3 Å². The number of hydrogen-bond donors (Lipinski definition) is 1. The smallest absolute Gasteiger partial charge is 0.339 e. The second-order valence-corrected chi connectivity index (χ2v) is 6.12. The maximum absolute atomic E-state index is 12.2. The van der Waals surface area contributed by atoms with Crippen LogP contribution in [0.25, 0.3) is 0 Å². The van der Waals surface area contributed by atoms with Crippen molar-refractivity contribution >= 4 is 17.6 Å². The van der Waals surface area contributed by atoms with Crippen molar-refractivity contribution in [2.75, 3.05) is 6.54 Å². The predicted molar refractivity (Wildman–Crippen MR) is 90.3 cm³/mol. The zero-order valence-electron chi connectivity index (χ0n) is 13.4. The summed E-state index contributed by atoms with van der Waals surface area (Å²) in [6.07, 6.45) is 6.10. The van der Waals surface area contributed by atoms with Crippen molar-refractivity contribution in [2.24, 2.45) is 5.92 Å². The molecule has 1 aromatic carbocycles. The van der Waals surface area contributed by atoms with Gasteiger partial charge in [0.1, 0.15) is 0 Å². The van der Waals surface area contributed by atoms with Crippen LogP contribution in [0.5, 0.6) is 0 Å². The minimum Gasteiger partial charge on any atom is -0.443 e. The molecular weight excluding hydrogens is 314 g/mol. The van der Waals surface area contributed by atoms with Crippen molar-refractivity contribution in [3.8, 4) is 0 Å². The number of nitrogens with zero attached hydrogens (tertiary/aromatic N) is 2. The number of carbonyl (C=O) groups is 1. The summed E-state index contributed by atoms with van der Waals surface area (Å²) in [4.78, 5) is 16.2. The van der Waals surface area contributed by atoms with E-state index in [2.05, 4.69) is 10.3 Å². The zero-order chi connectivity index (χ0) is 16.7. The van der Waals surface area contributed by atoms with Gasteiger partial charge in [0.05, 0.1) is 11.9 Å². The van der Waals surface area contributed by atoms with Gasteiger partial charge in [-0.15, -0.1) is 0 Å². The van der Waals surface area contributed by atoms with Crippen molar-refractivity contribution in [1.82, 2.24) is 14.9 Å². The summed E-state index contributed by atoms with van der Waals surface area (Å²) < 4.78 is 7.58. The Balaban J connectivity index is 1.80. The van der Waals surface area contributed by atoms with E-state index < -0.39 is 0 Å². The number of rotatable bonds is 8. The van der Waals surface area contributed by atoms with Crippen molar-refractivity contribution < 1.29 is 9.53 Å². The maximum Gasteiger partial charge on any atom is 0.339 e. The molecule has 1 N–H and O–H groups in total. The predicted octanol–water partition coefficient (Wildman–Crippen LogP) is 3.36. The summed E-state index contributed by atoms with van der Waals surface area (Å²) in [6, 6.07) is 6.70. The van der Waals surface area contributed by atoms with Gasteiger partial charge in [0.15, 0.2) is 6.23 Å². The highest BCUT2D eigenvalue weighted by Crippen LogP contribution is 2.13. The first kappa shape index (κ1) is 17.5. The van der Waals surface area contributed by atoms with Crippen molar-refractivity contribution in [3.63, 3.8) is 0 Å². The Labute approximate surface area is 141 Å². The summed E-state index contributed by atoms with van der Waals surface area (Å²) in [6.45, 7) is 5.67. The molecule has 1 unspecified atom stereocenters. The van der Waals surface area contributed by atoms with Crippen LogP contribution in [0.1, 0.15) is 30.6 Å². The molecule has 0 saturated carbocycles. The fourth-order valence-corrected chi connectivity index (χ4v) is 2.23. The van der Waals surface area contributed by atoms with E-state index in [9.17, 15) is 4.79 Å². The molecule has 1 heterocycles. The van der Waals surface area contributed by atoms with Gasteiger partial charge in [0, 0.05) is 36.4 Å². The summed E-state index contributed by atoms with van der Waals surface area (Å²) in [5, 5.41) is 3.89. The summed E-state index contributed by atoms with van der Waals surface area (Å²) in [5.41, 5.74) is 0.500. The Hall–Kier alpha value is -1.85. The molecule has 1 aromatic heterocycles. The molecule has 0 aliphatic carbocycles. The Bertz CT molecular complexity index is 597. The van der Waals surface area contributed by atoms with E-state index in [1.54, 1.807) is 36.8 Å². The van der Waals surface area contributed by atoms with E-state index in [0.29, 0.717) is 10.6 Å². The number of benzene rings is 1. The molecule has 2 aromatic rings. The van der Waals surface area contributed by atoms with E-state index >= 15 is 0 Å². The maximum atomic E-state index is 12.2. The molecule has 0 aliphatic rings. The lowest BCUT2D eigenvalue weighted by Gasteiger charge is -2.22. The van der Waals surface area contributed by atoms with Crippen LogP contribution in [0.3, 0.4) is 0 Å². The monoisotopic (exact) mass is 335 g/mol. The summed E-state index contributed by atoms with van der Waals surface area (Å²) >= 11 is 5.83. The van der Waals surface area contributed by atoms with Crippen molar-refractivity contribution in [2.45, 2.75) is 33.0 Å². The van der Waals surface area contributed by atoms with E-state index in [0.717, 1.165) is 19.5 Å². The number of hydrogen-bond acceptors (Lipinski definition) is 4. The van der Waals surface area contributed by atoms with Crippen molar-refractivity contribution in [1.29, 1.82) is 0 Å². The Morgan fingerprint density at radius 1 is 1.35 bits per heavy atom. The number of imidazole rings is 1. The molecule has 0 saturated heterocycles. The average Bonchev–Trinajstić information content (AvgIpc) is 3.04. The zero-order valence-corrected chi connectivity index (χ0v) is 14.2. The van der Waals surface area contributed by atoms with E-state index in [-0.39, 0.29) is 18.1 Å². The van der Waals surface area contributed by atoms with Gasteiger partial charge in [-0.25, -0.2) is 9.78 Å². The molecular formula is C17H22ClN3O2. The Morgan fingerprint density at radius 3 is 2.70 bits per heavy atom. The third kappa shape index (κ3) is 5.69. The van der Waals surface area contributed by atoms with Crippen LogP contribution >= 0.6 is 11.6 Å². The Morgan fingerprint density at radius 2 is 2.09 bits per heavy atom. The number of nitrogens with one attached hydrogen (secondary N) is 1. The Kier molecular flexibility index (Phi) is 6.62. The number of esters is 1. The normalized spacial score (nSPS) is 12.3. The van der Waals surface area contributed by atoms with Gasteiger partial charge in [0.25, 0.3) is 0 Å². The highest BCUT2D eigenvalue weighted by molar-refractivity contribution is 6.30. The molecule has 1 atom stereocenters. The second kappa shape index (κ2) is 8.70. The quantitative estimate of drug-likeness (QED) is 0.456. The molecule has 2 rings (SSSR count). The lowest BCUT2D eigenvalue weighted by molar-refractivity contribution is 0.00711. The highest BCUT2D eigenvalue weighted by Gasteiger charge is 2.18. The van der Waals surface area contributed by atoms with Gasteiger partial charge in [-0.1, -0.05) is 25.4 Å². The number of aryl methyl sites for hydroxylation is 1. The second-order valence-electron chi connectivity index (χ2n) is 5.69. The van der Waals surface area contributed by atoms with Crippen molar-refractivity contribution in [3.05, 3.63) is 53.6 Å². The summed E-state index contributed by atoms with van der Waals surface area (Å²) in [7, 11) is 0. The molecule has 0 amide bonds. The van der Waals surface area contributed by atoms with Crippen LogP contribution in [-0.4, -0.2) is 28.3 Å². The minimum absolute atomic E-state index is 0.180. The first-order chi connectivity index (χ1) is 11.1.